The Morgan fingerprint density at radius 2 is 1.97 bits per heavy atom. The van der Waals surface area contributed by atoms with E-state index in [9.17, 15) is 15.0 Å². The molecule has 2 heterocycles. The first-order valence-corrected chi connectivity index (χ1v) is 12.1. The number of anilines is 1. The van der Waals surface area contributed by atoms with Crippen LogP contribution >= 0.6 is 23.4 Å². The lowest BCUT2D eigenvalue weighted by Gasteiger charge is -2.17. The van der Waals surface area contributed by atoms with Crippen LogP contribution < -0.4 is 10.6 Å². The molecule has 3 aromatic rings. The van der Waals surface area contributed by atoms with E-state index < -0.39 is 24.2 Å². The van der Waals surface area contributed by atoms with Gasteiger partial charge in [-0.2, -0.15) is 0 Å². The van der Waals surface area contributed by atoms with Gasteiger partial charge in [-0.25, -0.2) is 14.6 Å². The van der Waals surface area contributed by atoms with Crippen LogP contribution in [0.2, 0.25) is 5.02 Å². The molecule has 0 radical (unpaired) electrons. The van der Waals surface area contributed by atoms with Crippen LogP contribution in [-0.4, -0.2) is 65.9 Å². The molecule has 1 aromatic carbocycles. The van der Waals surface area contributed by atoms with Gasteiger partial charge < -0.3 is 20.8 Å². The monoisotopic (exact) mass is 489 g/mol. The summed E-state index contributed by atoms with van der Waals surface area (Å²) in [4.78, 5) is 22.6. The van der Waals surface area contributed by atoms with Crippen LogP contribution in [0.25, 0.3) is 11.2 Å². The van der Waals surface area contributed by atoms with Crippen molar-refractivity contribution in [2.75, 3.05) is 11.9 Å². The molecule has 4 N–H and O–H groups in total. The smallest absolute Gasteiger partial charge is 0.225 e. The fourth-order valence-corrected chi connectivity index (χ4v) is 4.90. The van der Waals surface area contributed by atoms with Crippen LogP contribution in [0.15, 0.2) is 34.3 Å². The van der Waals surface area contributed by atoms with Gasteiger partial charge in [0.2, 0.25) is 5.91 Å². The summed E-state index contributed by atoms with van der Waals surface area (Å²) in [5.41, 5.74) is 0.933. The number of hydrogen-bond acceptors (Lipinski definition) is 9. The highest BCUT2D eigenvalue weighted by molar-refractivity contribution is 7.99. The lowest BCUT2D eigenvalue weighted by atomic mass is 10.0. The Hall–Kier alpha value is -2.47. The lowest BCUT2D eigenvalue weighted by Crippen LogP contribution is -2.38. The van der Waals surface area contributed by atoms with Crippen molar-refractivity contribution >= 4 is 46.3 Å². The van der Waals surface area contributed by atoms with Crippen molar-refractivity contribution in [2.45, 2.75) is 60.5 Å². The summed E-state index contributed by atoms with van der Waals surface area (Å²) in [6, 6.07) is 7.07. The summed E-state index contributed by atoms with van der Waals surface area (Å²) in [5, 5.41) is 37.0. The third-order valence-electron chi connectivity index (χ3n) is 5.90. The normalized spacial score (nSPS) is 24.8. The van der Waals surface area contributed by atoms with Gasteiger partial charge >= 0.3 is 0 Å². The number of aromatic nitrogens is 5. The standard InChI is InChI=1S/C21H24ClN7O3S/c1-2-23-20(32)13-9-14(17(31)16(13)30)29-19-15(27-28-29)18(24-11-5-6-11)25-21(26-19)33-12-7-3-10(22)4-8-12/h3-4,7-8,11,13-14,16-17,30-31H,2,5-6,9H2,1H3,(H,23,32)(H,24,25,26)/t13-,14+,16+,17-/m0/s1. The maximum Gasteiger partial charge on any atom is 0.225 e. The van der Waals surface area contributed by atoms with E-state index in [0.717, 1.165) is 17.7 Å². The zero-order valence-electron chi connectivity index (χ0n) is 17.8. The fourth-order valence-electron chi connectivity index (χ4n) is 4.03. The minimum atomic E-state index is -1.20. The van der Waals surface area contributed by atoms with Crippen molar-refractivity contribution in [2.24, 2.45) is 5.92 Å². The molecule has 2 aliphatic carbocycles. The number of amides is 1. The Bertz CT molecular complexity index is 1170. The Morgan fingerprint density at radius 1 is 1.21 bits per heavy atom. The highest BCUT2D eigenvalue weighted by atomic mass is 35.5. The molecule has 12 heteroatoms. The second kappa shape index (κ2) is 9.05. The Balaban J connectivity index is 1.51. The molecule has 2 fully saturated rings. The molecule has 0 aliphatic heterocycles. The molecule has 1 amide bonds. The number of benzene rings is 1. The molecule has 10 nitrogen and oxygen atoms in total. The molecule has 5 rings (SSSR count). The van der Waals surface area contributed by atoms with Crippen LogP contribution in [0.4, 0.5) is 5.82 Å². The topological polar surface area (TPSA) is 138 Å². The van der Waals surface area contributed by atoms with Crippen molar-refractivity contribution in [3.05, 3.63) is 29.3 Å². The molecule has 0 unspecified atom stereocenters. The molecule has 2 aliphatic rings. The van der Waals surface area contributed by atoms with Gasteiger partial charge in [-0.05, 0) is 62.2 Å². The SMILES string of the molecule is CCNC(=O)[C@H]1C[C@@H](n2nnc3c(NC4CC4)nc(Sc4ccc(Cl)cc4)nc32)[C@H](O)[C@@H]1O. The Labute approximate surface area is 199 Å². The van der Waals surface area contributed by atoms with Crippen molar-refractivity contribution < 1.29 is 15.0 Å². The van der Waals surface area contributed by atoms with Crippen LogP contribution in [-0.2, 0) is 4.79 Å². The van der Waals surface area contributed by atoms with Crippen molar-refractivity contribution in [1.82, 2.24) is 30.3 Å². The molecule has 0 saturated heterocycles. The van der Waals surface area contributed by atoms with Gasteiger partial charge in [0.25, 0.3) is 0 Å². The van der Waals surface area contributed by atoms with Gasteiger partial charge in [0, 0.05) is 22.5 Å². The van der Waals surface area contributed by atoms with Gasteiger partial charge in [-0.1, -0.05) is 16.8 Å². The molecule has 2 saturated carbocycles. The molecule has 2 aromatic heterocycles. The van der Waals surface area contributed by atoms with Gasteiger partial charge in [-0.15, -0.1) is 5.10 Å². The van der Waals surface area contributed by atoms with Crippen molar-refractivity contribution in [1.29, 1.82) is 0 Å². The van der Waals surface area contributed by atoms with Crippen molar-refractivity contribution in [3.8, 4) is 0 Å². The number of aliphatic hydroxyl groups excluding tert-OH is 2. The number of halogens is 1. The number of carbonyl (C=O) groups is 1. The second-order valence-corrected chi connectivity index (χ2v) is 9.80. The third-order valence-corrected chi connectivity index (χ3v) is 7.02. The van der Waals surface area contributed by atoms with E-state index in [2.05, 4.69) is 30.9 Å². The molecule has 0 bridgehead atoms. The summed E-state index contributed by atoms with van der Waals surface area (Å²) in [6.07, 6.45) is -0.0386. The summed E-state index contributed by atoms with van der Waals surface area (Å²) < 4.78 is 1.51. The summed E-state index contributed by atoms with van der Waals surface area (Å²) in [7, 11) is 0. The Kier molecular flexibility index (Phi) is 6.12. The van der Waals surface area contributed by atoms with Crippen LogP contribution in [0.1, 0.15) is 32.2 Å². The lowest BCUT2D eigenvalue weighted by molar-refractivity contribution is -0.128. The van der Waals surface area contributed by atoms with Gasteiger partial charge in [0.1, 0.15) is 6.10 Å². The van der Waals surface area contributed by atoms with Crippen molar-refractivity contribution in [3.63, 3.8) is 0 Å². The fraction of sp³-hybridized carbons (Fsp3) is 0.476. The largest absolute Gasteiger partial charge is 0.390 e. The van der Waals surface area contributed by atoms with Crippen LogP contribution in [0, 0.1) is 5.92 Å². The molecule has 4 atom stereocenters. The Morgan fingerprint density at radius 3 is 2.67 bits per heavy atom. The number of hydrogen-bond donors (Lipinski definition) is 4. The molecule has 0 spiro atoms. The molecular weight excluding hydrogens is 466 g/mol. The highest BCUT2D eigenvalue weighted by Crippen LogP contribution is 2.38. The van der Waals surface area contributed by atoms with Crippen LogP contribution in [0.5, 0.6) is 0 Å². The van der Waals surface area contributed by atoms with Gasteiger partial charge in [-0.3, -0.25) is 4.79 Å². The molecule has 174 valence electrons. The number of fused-ring (bicyclic) bond motifs is 1. The zero-order valence-corrected chi connectivity index (χ0v) is 19.4. The van der Waals surface area contributed by atoms with Gasteiger partial charge in [0.15, 0.2) is 22.1 Å². The molecular formula is C21H24ClN7O3S. The highest BCUT2D eigenvalue weighted by Gasteiger charge is 2.47. The average molecular weight is 490 g/mol. The number of carbonyl (C=O) groups excluding carboxylic acids is 1. The third kappa shape index (κ3) is 4.50. The number of nitrogens with one attached hydrogen (secondary N) is 2. The zero-order chi connectivity index (χ0) is 23.1. The summed E-state index contributed by atoms with van der Waals surface area (Å²) in [5.74, 6) is -0.447. The quantitative estimate of drug-likeness (QED) is 0.367. The van der Waals surface area contributed by atoms with E-state index in [4.69, 9.17) is 11.6 Å². The number of nitrogens with zero attached hydrogens (tertiary/aromatic N) is 5. The predicted octanol–water partition coefficient (Wildman–Crippen LogP) is 2.02. The van der Waals surface area contributed by atoms with Crippen LogP contribution in [0.3, 0.4) is 0 Å². The first-order valence-electron chi connectivity index (χ1n) is 10.9. The van der Waals surface area contributed by atoms with E-state index in [1.54, 1.807) is 12.1 Å². The van der Waals surface area contributed by atoms with E-state index >= 15 is 0 Å². The average Bonchev–Trinajstić information content (AvgIpc) is 3.44. The van der Waals surface area contributed by atoms with E-state index in [1.807, 2.05) is 19.1 Å². The first-order chi connectivity index (χ1) is 15.9. The predicted molar refractivity (Wildman–Crippen MR) is 123 cm³/mol. The second-order valence-electron chi connectivity index (χ2n) is 8.32. The van der Waals surface area contributed by atoms with Gasteiger partial charge in [0.05, 0.1) is 18.1 Å². The number of aliphatic hydroxyl groups is 2. The summed E-state index contributed by atoms with van der Waals surface area (Å²) in [6.45, 7) is 2.26. The maximum absolute atomic E-state index is 12.4. The number of rotatable bonds is 7. The minimum Gasteiger partial charge on any atom is -0.390 e. The first kappa shape index (κ1) is 22.3. The van der Waals surface area contributed by atoms with E-state index in [-0.39, 0.29) is 12.3 Å². The summed E-state index contributed by atoms with van der Waals surface area (Å²) >= 11 is 7.37. The molecule has 33 heavy (non-hydrogen) atoms. The van der Waals surface area contributed by atoms with E-state index in [0.29, 0.717) is 39.7 Å². The van der Waals surface area contributed by atoms with E-state index in [1.165, 1.54) is 16.4 Å². The maximum atomic E-state index is 12.4. The minimum absolute atomic E-state index is 0.224.